The fourth-order valence-electron chi connectivity index (χ4n) is 9.41. The summed E-state index contributed by atoms with van der Waals surface area (Å²) in [5.74, 6) is 5.23. The molecule has 9 atom stereocenters. The van der Waals surface area contributed by atoms with Crippen LogP contribution < -0.4 is 0 Å². The monoisotopic (exact) mass is 444 g/mol. The summed E-state index contributed by atoms with van der Waals surface area (Å²) in [6.45, 7) is 13.8. The Balaban J connectivity index is 1.49. The minimum Gasteiger partial charge on any atom is -0.455 e. The highest BCUT2D eigenvalue weighted by Crippen LogP contribution is 2.68. The zero-order valence-corrected chi connectivity index (χ0v) is 21.6. The molecule has 0 unspecified atom stereocenters. The van der Waals surface area contributed by atoms with E-state index < -0.39 is 6.10 Å². The van der Waals surface area contributed by atoms with Gasteiger partial charge in [0.05, 0.1) is 0 Å². The molecule has 4 fully saturated rings. The van der Waals surface area contributed by atoms with Gasteiger partial charge in [0.15, 0.2) is 11.9 Å². The van der Waals surface area contributed by atoms with E-state index in [1.54, 1.807) is 0 Å². The van der Waals surface area contributed by atoms with Gasteiger partial charge in [0.1, 0.15) is 0 Å². The third-order valence-corrected chi connectivity index (χ3v) is 11.0. The highest BCUT2D eigenvalue weighted by Gasteiger charge is 2.61. The summed E-state index contributed by atoms with van der Waals surface area (Å²) >= 11 is 0. The molecule has 3 nitrogen and oxygen atoms in total. The van der Waals surface area contributed by atoms with Gasteiger partial charge < -0.3 is 4.74 Å². The number of ketones is 1. The lowest BCUT2D eigenvalue weighted by Crippen LogP contribution is -2.56. The van der Waals surface area contributed by atoms with E-state index in [1.165, 1.54) is 64.7 Å². The number of hydrogen-bond acceptors (Lipinski definition) is 3. The van der Waals surface area contributed by atoms with E-state index in [0.717, 1.165) is 36.0 Å². The number of hydrogen-bond donors (Lipinski definition) is 0. The Kier molecular flexibility index (Phi) is 6.87. The molecule has 0 aromatic rings. The first kappa shape index (κ1) is 24.3. The van der Waals surface area contributed by atoms with Crippen LogP contribution in [0.1, 0.15) is 112 Å². The van der Waals surface area contributed by atoms with Crippen molar-refractivity contribution in [1.82, 2.24) is 0 Å². The zero-order chi connectivity index (χ0) is 23.3. The Bertz CT molecular complexity index is 713. The Labute approximate surface area is 196 Å². The Morgan fingerprint density at radius 2 is 1.72 bits per heavy atom. The van der Waals surface area contributed by atoms with E-state index in [1.807, 2.05) is 0 Å². The van der Waals surface area contributed by atoms with E-state index in [0.29, 0.717) is 23.7 Å². The van der Waals surface area contributed by atoms with Crippen molar-refractivity contribution in [2.24, 2.45) is 52.3 Å². The van der Waals surface area contributed by atoms with Gasteiger partial charge in [-0.3, -0.25) is 9.59 Å². The van der Waals surface area contributed by atoms with Crippen LogP contribution in [0.25, 0.3) is 0 Å². The third kappa shape index (κ3) is 4.20. The van der Waals surface area contributed by atoms with Crippen LogP contribution >= 0.6 is 0 Å². The van der Waals surface area contributed by atoms with E-state index in [2.05, 4.69) is 34.6 Å². The predicted octanol–water partition coefficient (Wildman–Crippen LogP) is 7.22. The highest BCUT2D eigenvalue weighted by molar-refractivity contribution is 5.86. The fraction of sp³-hybridized carbons (Fsp3) is 0.931. The molecule has 0 radical (unpaired) electrons. The summed E-state index contributed by atoms with van der Waals surface area (Å²) < 4.78 is 5.52. The maximum absolute atomic E-state index is 12.7. The fourth-order valence-corrected chi connectivity index (χ4v) is 9.41. The molecular weight excluding hydrogens is 396 g/mol. The second-order valence-electron chi connectivity index (χ2n) is 13.2. The van der Waals surface area contributed by atoms with Crippen LogP contribution in [-0.2, 0) is 14.3 Å². The van der Waals surface area contributed by atoms with Crippen molar-refractivity contribution >= 4 is 11.8 Å². The maximum Gasteiger partial charge on any atom is 0.303 e. The van der Waals surface area contributed by atoms with E-state index in [9.17, 15) is 9.59 Å². The Morgan fingerprint density at radius 1 is 1.00 bits per heavy atom. The molecule has 4 rings (SSSR count). The smallest absolute Gasteiger partial charge is 0.303 e. The molecule has 0 aromatic carbocycles. The van der Waals surface area contributed by atoms with Crippen molar-refractivity contribution in [3.05, 3.63) is 0 Å². The topological polar surface area (TPSA) is 43.4 Å². The van der Waals surface area contributed by atoms with Gasteiger partial charge >= 0.3 is 5.97 Å². The lowest BCUT2D eigenvalue weighted by Gasteiger charge is -2.61. The molecule has 32 heavy (non-hydrogen) atoms. The number of ether oxygens (including phenoxy) is 1. The van der Waals surface area contributed by atoms with Gasteiger partial charge in [-0.15, -0.1) is 0 Å². The Morgan fingerprint density at radius 3 is 2.41 bits per heavy atom. The summed E-state index contributed by atoms with van der Waals surface area (Å²) in [7, 11) is 0. The van der Waals surface area contributed by atoms with Crippen LogP contribution in [-0.4, -0.2) is 17.9 Å². The number of Topliss-reactive ketones (excluding diaryl/α,β-unsaturated/α-hetero) is 1. The zero-order valence-electron chi connectivity index (χ0n) is 21.6. The molecule has 182 valence electrons. The van der Waals surface area contributed by atoms with Crippen molar-refractivity contribution in [2.45, 2.75) is 118 Å². The van der Waals surface area contributed by atoms with Crippen LogP contribution in [0, 0.1) is 52.3 Å². The molecule has 0 spiro atoms. The Hall–Kier alpha value is -0.860. The molecule has 4 saturated carbocycles. The molecule has 0 aromatic heterocycles. The average molecular weight is 445 g/mol. The van der Waals surface area contributed by atoms with Crippen molar-refractivity contribution in [3.63, 3.8) is 0 Å². The first-order valence-corrected chi connectivity index (χ1v) is 13.8. The molecule has 4 aliphatic rings. The molecule has 0 bridgehead atoms. The highest BCUT2D eigenvalue weighted by atomic mass is 16.5. The lowest BCUT2D eigenvalue weighted by molar-refractivity contribution is -0.171. The van der Waals surface area contributed by atoms with Crippen molar-refractivity contribution < 1.29 is 14.3 Å². The van der Waals surface area contributed by atoms with Crippen molar-refractivity contribution in [1.29, 1.82) is 0 Å². The number of esters is 1. The molecule has 0 saturated heterocycles. The largest absolute Gasteiger partial charge is 0.455 e. The number of carbonyl (C=O) groups excluding carboxylic acids is 2. The van der Waals surface area contributed by atoms with E-state index in [-0.39, 0.29) is 17.2 Å². The van der Waals surface area contributed by atoms with Crippen LogP contribution in [0.15, 0.2) is 0 Å². The van der Waals surface area contributed by atoms with Gasteiger partial charge in [-0.25, -0.2) is 0 Å². The van der Waals surface area contributed by atoms with E-state index in [4.69, 9.17) is 4.74 Å². The van der Waals surface area contributed by atoms with Gasteiger partial charge in [-0.2, -0.15) is 0 Å². The minimum absolute atomic E-state index is 0.152. The third-order valence-electron chi connectivity index (χ3n) is 11.0. The minimum atomic E-state index is -0.502. The van der Waals surface area contributed by atoms with Gasteiger partial charge in [0, 0.05) is 13.3 Å². The van der Waals surface area contributed by atoms with Crippen LogP contribution in [0.5, 0.6) is 0 Å². The first-order chi connectivity index (χ1) is 15.1. The predicted molar refractivity (Wildman–Crippen MR) is 129 cm³/mol. The number of fused-ring (bicyclic) bond motifs is 5. The van der Waals surface area contributed by atoms with Gasteiger partial charge in [-0.05, 0) is 97.2 Å². The molecule has 0 amide bonds. The first-order valence-electron chi connectivity index (χ1n) is 13.8. The maximum atomic E-state index is 12.7. The van der Waals surface area contributed by atoms with Crippen molar-refractivity contribution in [3.8, 4) is 0 Å². The molecule has 4 aliphatic carbocycles. The summed E-state index contributed by atoms with van der Waals surface area (Å²) in [6, 6.07) is 0. The quantitative estimate of drug-likeness (QED) is 0.406. The van der Waals surface area contributed by atoms with Crippen LogP contribution in [0.4, 0.5) is 0 Å². The summed E-state index contributed by atoms with van der Waals surface area (Å²) in [4.78, 5) is 24.3. The van der Waals surface area contributed by atoms with Gasteiger partial charge in [0.25, 0.3) is 0 Å². The van der Waals surface area contributed by atoms with Crippen LogP contribution in [0.2, 0.25) is 0 Å². The SMILES string of the molecule is CC(=O)O[C@@H]1C[C@@]2(C)[C@@H](CC[C@@H]3[C@H]4CC[C@H]([C@H](C)CCCC(C)C)[C@]4(C)CC[C@H]32)CC1=O. The molecule has 0 heterocycles. The summed E-state index contributed by atoms with van der Waals surface area (Å²) in [5, 5.41) is 0. The van der Waals surface area contributed by atoms with Crippen LogP contribution in [0.3, 0.4) is 0 Å². The van der Waals surface area contributed by atoms with Gasteiger partial charge in [-0.1, -0.05) is 53.9 Å². The van der Waals surface area contributed by atoms with Gasteiger partial charge in [0.2, 0.25) is 0 Å². The second kappa shape index (κ2) is 9.06. The standard InChI is InChI=1S/C29H48O3/c1-18(2)8-7-9-19(3)23-12-13-24-22-11-10-21-16-26(31)27(32-20(4)30)17-29(21,6)25(22)14-15-28(23,24)5/h18-19,21-25,27H,7-17H2,1-6H3/t19-,21+,22-,23-,24-,25-,27-,28+,29+/m1/s1. The average Bonchev–Trinajstić information content (AvgIpc) is 3.05. The normalized spacial score (nSPS) is 44.5. The molecule has 0 N–H and O–H groups in total. The molecular formula is C29H48O3. The number of rotatable bonds is 6. The lowest BCUT2D eigenvalue weighted by atomic mass is 9.44. The molecule has 3 heteroatoms. The summed E-state index contributed by atoms with van der Waals surface area (Å²) in [6.07, 6.45) is 13.0. The second-order valence-corrected chi connectivity index (χ2v) is 13.2. The van der Waals surface area contributed by atoms with E-state index >= 15 is 0 Å². The molecule has 0 aliphatic heterocycles. The van der Waals surface area contributed by atoms with Crippen molar-refractivity contribution in [2.75, 3.05) is 0 Å². The summed E-state index contributed by atoms with van der Waals surface area (Å²) in [5.41, 5.74) is 0.653. The number of carbonyl (C=O) groups is 2.